The number of hydrogen-bond acceptors (Lipinski definition) is 5. The van der Waals surface area contributed by atoms with E-state index in [0.717, 1.165) is 13.1 Å². The average Bonchev–Trinajstić information content (AvgIpc) is 2.92. The van der Waals surface area contributed by atoms with E-state index >= 15 is 0 Å². The number of aliphatic hydroxyl groups excluding tert-OH is 1. The lowest BCUT2D eigenvalue weighted by Crippen LogP contribution is -2.50. The zero-order valence-corrected chi connectivity index (χ0v) is 13.7. The molecule has 2 heterocycles. The Morgan fingerprint density at radius 2 is 2.14 bits per heavy atom. The summed E-state index contributed by atoms with van der Waals surface area (Å²) in [7, 11) is 0. The largest absolute Gasteiger partial charge is 0.389 e. The lowest BCUT2D eigenvalue weighted by molar-refractivity contribution is 0.0112. The summed E-state index contributed by atoms with van der Waals surface area (Å²) in [5.74, 6) is 0.0430. The summed E-state index contributed by atoms with van der Waals surface area (Å²) in [5.41, 5.74) is 0. The molecule has 2 rings (SSSR count). The first-order valence-corrected chi connectivity index (χ1v) is 8.32. The van der Waals surface area contributed by atoms with Crippen LogP contribution in [0.4, 0.5) is 0 Å². The van der Waals surface area contributed by atoms with Crippen molar-refractivity contribution in [3.63, 3.8) is 0 Å². The molecule has 118 valence electrons. The summed E-state index contributed by atoms with van der Waals surface area (Å²) in [4.78, 5) is 17.0. The molecule has 1 atom stereocenters. The van der Waals surface area contributed by atoms with Gasteiger partial charge in [-0.2, -0.15) is 0 Å². The van der Waals surface area contributed by atoms with Crippen molar-refractivity contribution in [2.75, 3.05) is 45.9 Å². The fourth-order valence-electron chi connectivity index (χ4n) is 2.32. The number of nitrogens with zero attached hydrogens (tertiary/aromatic N) is 2. The van der Waals surface area contributed by atoms with Crippen LogP contribution in [0.15, 0.2) is 12.1 Å². The highest BCUT2D eigenvalue weighted by molar-refractivity contribution is 7.17. The van der Waals surface area contributed by atoms with Crippen molar-refractivity contribution >= 4 is 28.8 Å². The van der Waals surface area contributed by atoms with Gasteiger partial charge in [-0.05, 0) is 19.1 Å². The summed E-state index contributed by atoms with van der Waals surface area (Å²) in [6, 6.07) is 3.52. The molecule has 0 radical (unpaired) electrons. The van der Waals surface area contributed by atoms with Crippen LogP contribution in [0, 0.1) is 0 Å². The Morgan fingerprint density at radius 1 is 1.43 bits per heavy atom. The lowest BCUT2D eigenvalue weighted by Gasteiger charge is -2.35. The molecular formula is C14H21ClN2O3S. The number of carbonyl (C=O) groups excluding carboxylic acids is 1. The molecule has 0 saturated carbocycles. The third-order valence-electron chi connectivity index (χ3n) is 3.43. The molecule has 0 aromatic carbocycles. The number of amides is 1. The molecule has 5 nitrogen and oxygen atoms in total. The third kappa shape index (κ3) is 4.93. The Kier molecular flexibility index (Phi) is 6.44. The molecule has 1 aromatic heterocycles. The Morgan fingerprint density at radius 3 is 2.71 bits per heavy atom. The second-order valence-corrected chi connectivity index (χ2v) is 6.72. The van der Waals surface area contributed by atoms with E-state index in [9.17, 15) is 9.90 Å². The first-order valence-electron chi connectivity index (χ1n) is 7.13. The van der Waals surface area contributed by atoms with Gasteiger partial charge in [0.05, 0.1) is 21.9 Å². The fourth-order valence-corrected chi connectivity index (χ4v) is 3.33. The van der Waals surface area contributed by atoms with Gasteiger partial charge in [-0.3, -0.25) is 9.69 Å². The molecule has 0 aliphatic carbocycles. The van der Waals surface area contributed by atoms with Gasteiger partial charge in [0.1, 0.15) is 0 Å². The Bertz CT molecular complexity index is 461. The minimum Gasteiger partial charge on any atom is -0.389 e. The average molecular weight is 333 g/mol. The first kappa shape index (κ1) is 16.7. The number of hydrogen-bond donors (Lipinski definition) is 1. The van der Waals surface area contributed by atoms with Crippen molar-refractivity contribution in [1.82, 2.24) is 9.80 Å². The van der Waals surface area contributed by atoms with Crippen molar-refractivity contribution in [3.05, 3.63) is 21.3 Å². The van der Waals surface area contributed by atoms with Gasteiger partial charge in [-0.15, -0.1) is 11.3 Å². The highest BCUT2D eigenvalue weighted by Gasteiger charge is 2.24. The van der Waals surface area contributed by atoms with E-state index in [1.807, 2.05) is 11.8 Å². The Balaban J connectivity index is 1.76. The van der Waals surface area contributed by atoms with Gasteiger partial charge in [-0.25, -0.2) is 0 Å². The van der Waals surface area contributed by atoms with Crippen molar-refractivity contribution in [3.8, 4) is 0 Å². The van der Waals surface area contributed by atoms with Crippen LogP contribution in [0.5, 0.6) is 0 Å². The van der Waals surface area contributed by atoms with Gasteiger partial charge in [-0.1, -0.05) is 11.6 Å². The SMILES string of the molecule is CCOC[C@@H](O)CN1CCN(C(=O)c2ccc(Cl)s2)CC1. The Hall–Kier alpha value is -0.660. The second-order valence-electron chi connectivity index (χ2n) is 5.01. The van der Waals surface area contributed by atoms with Gasteiger partial charge in [0, 0.05) is 39.3 Å². The highest BCUT2D eigenvalue weighted by Crippen LogP contribution is 2.23. The molecule has 1 N–H and O–H groups in total. The second kappa shape index (κ2) is 8.10. The van der Waals surface area contributed by atoms with Gasteiger partial charge in [0.25, 0.3) is 5.91 Å². The molecule has 0 spiro atoms. The zero-order chi connectivity index (χ0) is 15.2. The molecule has 7 heteroatoms. The van der Waals surface area contributed by atoms with Crippen LogP contribution in [0.3, 0.4) is 0 Å². The van der Waals surface area contributed by atoms with Crippen LogP contribution >= 0.6 is 22.9 Å². The summed E-state index contributed by atoms with van der Waals surface area (Å²) in [5, 5.41) is 9.83. The van der Waals surface area contributed by atoms with E-state index in [-0.39, 0.29) is 5.91 Å². The standard InChI is InChI=1S/C14H21ClN2O3S/c1-2-20-10-11(18)9-16-5-7-17(8-6-16)14(19)12-3-4-13(15)21-12/h3-4,11,18H,2,5-10H2,1H3/t11-/m0/s1. The summed E-state index contributed by atoms with van der Waals surface area (Å²) in [6.45, 7) is 6.38. The number of thiophene rings is 1. The van der Waals surface area contributed by atoms with E-state index in [4.69, 9.17) is 16.3 Å². The molecule has 1 saturated heterocycles. The van der Waals surface area contributed by atoms with Crippen molar-refractivity contribution < 1.29 is 14.6 Å². The maximum Gasteiger partial charge on any atom is 0.264 e. The molecule has 1 amide bonds. The zero-order valence-electron chi connectivity index (χ0n) is 12.1. The Labute approximate surface area is 134 Å². The minimum absolute atomic E-state index is 0.0430. The van der Waals surface area contributed by atoms with Gasteiger partial charge >= 0.3 is 0 Å². The number of carbonyl (C=O) groups is 1. The number of piperazine rings is 1. The molecule has 1 aromatic rings. The van der Waals surface area contributed by atoms with Crippen LogP contribution < -0.4 is 0 Å². The molecule has 1 aliphatic heterocycles. The molecule has 1 fully saturated rings. The van der Waals surface area contributed by atoms with Crippen LogP contribution in [-0.2, 0) is 4.74 Å². The third-order valence-corrected chi connectivity index (χ3v) is 4.65. The molecule has 0 unspecified atom stereocenters. The van der Waals surface area contributed by atoms with Crippen LogP contribution in [0.25, 0.3) is 0 Å². The van der Waals surface area contributed by atoms with Crippen LogP contribution in [-0.4, -0.2) is 72.9 Å². The van der Waals surface area contributed by atoms with Crippen molar-refractivity contribution in [1.29, 1.82) is 0 Å². The fraction of sp³-hybridized carbons (Fsp3) is 0.643. The van der Waals surface area contributed by atoms with Gasteiger partial charge in [0.2, 0.25) is 0 Å². The summed E-state index contributed by atoms with van der Waals surface area (Å²) < 4.78 is 5.84. The van der Waals surface area contributed by atoms with Crippen molar-refractivity contribution in [2.24, 2.45) is 0 Å². The van der Waals surface area contributed by atoms with Crippen LogP contribution in [0.2, 0.25) is 4.34 Å². The van der Waals surface area contributed by atoms with E-state index in [1.165, 1.54) is 11.3 Å². The van der Waals surface area contributed by atoms with Crippen LogP contribution in [0.1, 0.15) is 16.6 Å². The van der Waals surface area contributed by atoms with Gasteiger partial charge in [0.15, 0.2) is 0 Å². The number of halogens is 1. The minimum atomic E-state index is -0.469. The lowest BCUT2D eigenvalue weighted by atomic mass is 10.2. The van der Waals surface area contributed by atoms with Crippen molar-refractivity contribution in [2.45, 2.75) is 13.0 Å². The molecule has 1 aliphatic rings. The summed E-state index contributed by atoms with van der Waals surface area (Å²) >= 11 is 7.18. The monoisotopic (exact) mass is 332 g/mol. The number of ether oxygens (including phenoxy) is 1. The highest BCUT2D eigenvalue weighted by atomic mass is 35.5. The maximum atomic E-state index is 12.3. The van der Waals surface area contributed by atoms with E-state index in [2.05, 4.69) is 4.90 Å². The maximum absolute atomic E-state index is 12.3. The first-order chi connectivity index (χ1) is 10.1. The summed E-state index contributed by atoms with van der Waals surface area (Å²) in [6.07, 6.45) is -0.469. The number of β-amino-alcohol motifs (C(OH)–C–C–N with tert-alkyl or cyclic N) is 1. The smallest absolute Gasteiger partial charge is 0.264 e. The normalized spacial score (nSPS) is 18.0. The van der Waals surface area contributed by atoms with E-state index in [1.54, 1.807) is 12.1 Å². The predicted octanol–water partition coefficient (Wildman–Crippen LogP) is 1.56. The van der Waals surface area contributed by atoms with Gasteiger partial charge < -0.3 is 14.7 Å². The molecule has 0 bridgehead atoms. The van der Waals surface area contributed by atoms with E-state index in [0.29, 0.717) is 42.1 Å². The number of rotatable bonds is 6. The molecular weight excluding hydrogens is 312 g/mol. The quantitative estimate of drug-likeness (QED) is 0.859. The predicted molar refractivity (Wildman–Crippen MR) is 84.2 cm³/mol. The molecule has 21 heavy (non-hydrogen) atoms. The van der Waals surface area contributed by atoms with E-state index < -0.39 is 6.10 Å². The topological polar surface area (TPSA) is 53.0 Å². The number of aliphatic hydroxyl groups is 1.